The minimum absolute atomic E-state index is 0.105. The van der Waals surface area contributed by atoms with Gasteiger partial charge in [-0.3, -0.25) is 4.79 Å². The smallest absolute Gasteiger partial charge is 0.252 e. The van der Waals surface area contributed by atoms with Crippen molar-refractivity contribution in [1.29, 1.82) is 0 Å². The molecule has 0 bridgehead atoms. The van der Waals surface area contributed by atoms with E-state index in [-0.39, 0.29) is 12.0 Å². The summed E-state index contributed by atoms with van der Waals surface area (Å²) < 4.78 is 23.7. The van der Waals surface area contributed by atoms with Crippen molar-refractivity contribution in [2.24, 2.45) is 17.6 Å². The number of nitrogens with one attached hydrogen (secondary N) is 2. The van der Waals surface area contributed by atoms with Gasteiger partial charge in [-0.1, -0.05) is 0 Å². The van der Waals surface area contributed by atoms with E-state index in [9.17, 15) is 13.2 Å². The summed E-state index contributed by atoms with van der Waals surface area (Å²) in [4.78, 5) is 15.6. The van der Waals surface area contributed by atoms with E-state index >= 15 is 0 Å². The van der Waals surface area contributed by atoms with Crippen LogP contribution in [0.2, 0.25) is 0 Å². The molecule has 8 heteroatoms. The zero-order chi connectivity index (χ0) is 15.9. The molecular formula is C14H20N4O3S. The van der Waals surface area contributed by atoms with Gasteiger partial charge in [0.2, 0.25) is 0 Å². The SMILES string of the molecule is CS(=O)(=O)[C@H]1NC[C@@H]2C[C@@H](Nc3ncccc3C(N)=O)C[C@H]21. The fourth-order valence-corrected chi connectivity index (χ4v) is 5.05. The van der Waals surface area contributed by atoms with Crippen molar-refractivity contribution in [2.45, 2.75) is 24.3 Å². The predicted octanol–water partition coefficient (Wildman–Crippen LogP) is -0.0389. The summed E-state index contributed by atoms with van der Waals surface area (Å²) in [5, 5.41) is 5.90. The third kappa shape index (κ3) is 2.80. The first kappa shape index (κ1) is 15.2. The van der Waals surface area contributed by atoms with E-state index in [1.807, 2.05) is 0 Å². The highest BCUT2D eigenvalue weighted by Gasteiger charge is 2.47. The lowest BCUT2D eigenvalue weighted by Gasteiger charge is -2.19. The van der Waals surface area contributed by atoms with E-state index in [2.05, 4.69) is 15.6 Å². The molecule has 3 rings (SSSR count). The van der Waals surface area contributed by atoms with Crippen LogP contribution in [0.15, 0.2) is 18.3 Å². The maximum absolute atomic E-state index is 11.8. The Morgan fingerprint density at radius 2 is 2.23 bits per heavy atom. The van der Waals surface area contributed by atoms with Gasteiger partial charge in [0, 0.05) is 18.5 Å². The van der Waals surface area contributed by atoms with E-state index in [1.54, 1.807) is 18.3 Å². The summed E-state index contributed by atoms with van der Waals surface area (Å²) in [6.45, 7) is 0.714. The molecule has 7 nitrogen and oxygen atoms in total. The number of carbonyl (C=O) groups excluding carboxylic acids is 1. The van der Waals surface area contributed by atoms with Gasteiger partial charge in [0.15, 0.2) is 9.84 Å². The van der Waals surface area contributed by atoms with Gasteiger partial charge >= 0.3 is 0 Å². The Morgan fingerprint density at radius 1 is 1.45 bits per heavy atom. The van der Waals surface area contributed by atoms with Gasteiger partial charge in [-0.25, -0.2) is 13.4 Å². The molecule has 120 valence electrons. The molecule has 1 saturated carbocycles. The number of sulfone groups is 1. The molecule has 1 aromatic heterocycles. The first-order chi connectivity index (χ1) is 10.4. The number of nitrogens with zero attached hydrogens (tertiary/aromatic N) is 1. The third-order valence-electron chi connectivity index (χ3n) is 4.59. The Morgan fingerprint density at radius 3 is 2.91 bits per heavy atom. The number of fused-ring (bicyclic) bond motifs is 1. The van der Waals surface area contributed by atoms with Crippen molar-refractivity contribution in [1.82, 2.24) is 10.3 Å². The van der Waals surface area contributed by atoms with Crippen molar-refractivity contribution in [2.75, 3.05) is 18.1 Å². The van der Waals surface area contributed by atoms with Crippen molar-refractivity contribution >= 4 is 21.6 Å². The lowest BCUT2D eigenvalue weighted by Crippen LogP contribution is -2.36. The number of carbonyl (C=O) groups is 1. The quantitative estimate of drug-likeness (QED) is 0.716. The Kier molecular flexibility index (Phi) is 3.82. The molecule has 2 fully saturated rings. The lowest BCUT2D eigenvalue weighted by atomic mass is 10.0. The average Bonchev–Trinajstić information content (AvgIpc) is 2.97. The lowest BCUT2D eigenvalue weighted by molar-refractivity contribution is 0.100. The Labute approximate surface area is 129 Å². The van der Waals surface area contributed by atoms with Crippen LogP contribution in [0.3, 0.4) is 0 Å². The van der Waals surface area contributed by atoms with Gasteiger partial charge in [-0.05, 0) is 43.4 Å². The van der Waals surface area contributed by atoms with Gasteiger partial charge in [0.25, 0.3) is 5.91 Å². The molecule has 1 aliphatic carbocycles. The molecular weight excluding hydrogens is 304 g/mol. The summed E-state index contributed by atoms with van der Waals surface area (Å²) in [5.41, 5.74) is 5.71. The fourth-order valence-electron chi connectivity index (χ4n) is 3.68. The molecule has 4 atom stereocenters. The van der Waals surface area contributed by atoms with Gasteiger partial charge < -0.3 is 16.4 Å². The minimum Gasteiger partial charge on any atom is -0.367 e. The molecule has 0 radical (unpaired) electrons. The van der Waals surface area contributed by atoms with Crippen LogP contribution in [-0.2, 0) is 9.84 Å². The van der Waals surface area contributed by atoms with Gasteiger partial charge in [-0.15, -0.1) is 0 Å². The molecule has 2 aliphatic rings. The zero-order valence-electron chi connectivity index (χ0n) is 12.3. The van der Waals surface area contributed by atoms with E-state index in [1.165, 1.54) is 6.26 Å². The van der Waals surface area contributed by atoms with Gasteiger partial charge in [0.05, 0.1) is 5.56 Å². The highest BCUT2D eigenvalue weighted by Crippen LogP contribution is 2.40. The maximum atomic E-state index is 11.8. The maximum Gasteiger partial charge on any atom is 0.252 e. The Bertz CT molecular complexity index is 691. The average molecular weight is 324 g/mol. The molecule has 0 spiro atoms. The molecule has 0 unspecified atom stereocenters. The van der Waals surface area contributed by atoms with Crippen molar-refractivity contribution in [3.63, 3.8) is 0 Å². The van der Waals surface area contributed by atoms with Crippen LogP contribution < -0.4 is 16.4 Å². The Hall–Kier alpha value is -1.67. The normalized spacial score (nSPS) is 31.0. The van der Waals surface area contributed by atoms with Gasteiger partial charge in [-0.2, -0.15) is 0 Å². The number of hydrogen-bond acceptors (Lipinski definition) is 6. The number of aromatic nitrogens is 1. The minimum atomic E-state index is -3.10. The fraction of sp³-hybridized carbons (Fsp3) is 0.571. The number of amides is 1. The Balaban J connectivity index is 1.74. The summed E-state index contributed by atoms with van der Waals surface area (Å²) in [5.74, 6) is 0.388. The topological polar surface area (TPSA) is 114 Å². The molecule has 1 saturated heterocycles. The van der Waals surface area contributed by atoms with Crippen molar-refractivity contribution in [3.8, 4) is 0 Å². The van der Waals surface area contributed by atoms with E-state index in [0.29, 0.717) is 23.8 Å². The summed E-state index contributed by atoms with van der Waals surface area (Å²) in [6, 6.07) is 3.40. The second-order valence-corrected chi connectivity index (χ2v) is 8.33. The monoisotopic (exact) mass is 324 g/mol. The number of rotatable bonds is 4. The van der Waals surface area contributed by atoms with Crippen LogP contribution in [0.1, 0.15) is 23.2 Å². The molecule has 2 heterocycles. The third-order valence-corrected chi connectivity index (χ3v) is 6.03. The largest absolute Gasteiger partial charge is 0.367 e. The number of anilines is 1. The van der Waals surface area contributed by atoms with Crippen LogP contribution in [0, 0.1) is 11.8 Å². The molecule has 1 aromatic rings. The molecule has 1 aliphatic heterocycles. The van der Waals surface area contributed by atoms with E-state index in [0.717, 1.165) is 12.8 Å². The van der Waals surface area contributed by atoms with Crippen LogP contribution in [-0.4, -0.2) is 43.5 Å². The standard InChI is InChI=1S/C14H20N4O3S/c1-22(20,21)14-11-6-9(5-8(11)7-17-14)18-13-10(12(15)19)3-2-4-16-13/h2-4,8-9,11,14,17H,5-7H2,1H3,(H2,15,19)(H,16,18)/t8-,9+,11+,14+/m0/s1. The summed E-state index contributed by atoms with van der Waals surface area (Å²) in [6.07, 6.45) is 4.48. The number of pyridine rings is 1. The van der Waals surface area contributed by atoms with Crippen LogP contribution >= 0.6 is 0 Å². The van der Waals surface area contributed by atoms with E-state index < -0.39 is 21.1 Å². The predicted molar refractivity (Wildman–Crippen MR) is 83.0 cm³/mol. The summed E-state index contributed by atoms with van der Waals surface area (Å²) >= 11 is 0. The highest BCUT2D eigenvalue weighted by molar-refractivity contribution is 7.91. The second kappa shape index (κ2) is 5.51. The van der Waals surface area contributed by atoms with Gasteiger partial charge in [0.1, 0.15) is 11.2 Å². The molecule has 0 aromatic carbocycles. The first-order valence-electron chi connectivity index (χ1n) is 7.30. The van der Waals surface area contributed by atoms with Crippen LogP contribution in [0.25, 0.3) is 0 Å². The van der Waals surface area contributed by atoms with Crippen LogP contribution in [0.5, 0.6) is 0 Å². The van der Waals surface area contributed by atoms with Crippen LogP contribution in [0.4, 0.5) is 5.82 Å². The number of nitrogens with two attached hydrogens (primary N) is 1. The number of hydrogen-bond donors (Lipinski definition) is 3. The zero-order valence-corrected chi connectivity index (χ0v) is 13.1. The van der Waals surface area contributed by atoms with E-state index in [4.69, 9.17) is 5.73 Å². The first-order valence-corrected chi connectivity index (χ1v) is 9.25. The molecule has 22 heavy (non-hydrogen) atoms. The van der Waals surface area contributed by atoms with Crippen molar-refractivity contribution < 1.29 is 13.2 Å². The van der Waals surface area contributed by atoms with Crippen molar-refractivity contribution in [3.05, 3.63) is 23.9 Å². The summed E-state index contributed by atoms with van der Waals surface area (Å²) in [7, 11) is -3.10. The molecule has 1 amide bonds. The second-order valence-electron chi connectivity index (χ2n) is 6.16. The molecule has 4 N–H and O–H groups in total. The highest BCUT2D eigenvalue weighted by atomic mass is 32.2. The number of primary amides is 1.